The molecule has 0 spiro atoms. The molecule has 1 amide bonds. The molecule has 0 aliphatic rings. The third-order valence-corrected chi connectivity index (χ3v) is 3.17. The van der Waals surface area contributed by atoms with E-state index in [1.165, 1.54) is 0 Å². The van der Waals surface area contributed by atoms with Gasteiger partial charge in [0.2, 0.25) is 5.91 Å². The number of nitrogen functional groups attached to an aromatic ring is 1. The first-order valence-electron chi connectivity index (χ1n) is 7.03. The summed E-state index contributed by atoms with van der Waals surface area (Å²) >= 11 is 5.82. The van der Waals surface area contributed by atoms with Crippen molar-refractivity contribution in [2.45, 2.75) is 26.4 Å². The number of nitrogens with two attached hydrogens (primary N) is 1. The summed E-state index contributed by atoms with van der Waals surface area (Å²) in [5.41, 5.74) is 6.85. The van der Waals surface area contributed by atoms with Crippen molar-refractivity contribution in [1.29, 1.82) is 0 Å². The van der Waals surface area contributed by atoms with E-state index in [4.69, 9.17) is 22.1 Å². The van der Waals surface area contributed by atoms with Crippen molar-refractivity contribution < 1.29 is 9.53 Å². The number of benzene rings is 1. The van der Waals surface area contributed by atoms with Gasteiger partial charge in [0.1, 0.15) is 0 Å². The smallest absolute Gasteiger partial charge is 0.225 e. The van der Waals surface area contributed by atoms with Gasteiger partial charge in [-0.15, -0.1) is 0 Å². The van der Waals surface area contributed by atoms with Crippen LogP contribution in [0.3, 0.4) is 0 Å². The topological polar surface area (TPSA) is 67.6 Å². The molecule has 0 aromatic heterocycles. The van der Waals surface area contributed by atoms with Gasteiger partial charge in [0, 0.05) is 24.5 Å². The van der Waals surface area contributed by atoms with E-state index in [1.54, 1.807) is 18.2 Å². The summed E-state index contributed by atoms with van der Waals surface area (Å²) in [5.74, 6) is -0.0688. The van der Waals surface area contributed by atoms with Crippen LogP contribution in [0.15, 0.2) is 18.2 Å². The minimum Gasteiger partial charge on any atom is -0.397 e. The lowest BCUT2D eigenvalue weighted by Crippen LogP contribution is -2.28. The molecule has 0 atom stereocenters. The molecular weight excluding hydrogens is 290 g/mol. The Labute approximate surface area is 131 Å². The summed E-state index contributed by atoms with van der Waals surface area (Å²) in [6, 6.07) is 5.02. The van der Waals surface area contributed by atoms with Gasteiger partial charge in [-0.1, -0.05) is 11.6 Å². The number of hydrogen-bond acceptors (Lipinski definition) is 4. The van der Waals surface area contributed by atoms with Gasteiger partial charge in [0.25, 0.3) is 0 Å². The van der Waals surface area contributed by atoms with Gasteiger partial charge >= 0.3 is 0 Å². The molecule has 3 N–H and O–H groups in total. The van der Waals surface area contributed by atoms with Gasteiger partial charge in [-0.3, -0.25) is 4.79 Å². The SMILES string of the molecule is CC(C)OCCN(C)CCC(=O)Nc1ccc(Cl)cc1N. The highest BCUT2D eigenvalue weighted by atomic mass is 35.5. The fourth-order valence-corrected chi connectivity index (χ4v) is 1.89. The minimum absolute atomic E-state index is 0.0688. The Morgan fingerprint density at radius 2 is 2.14 bits per heavy atom. The largest absolute Gasteiger partial charge is 0.397 e. The molecule has 0 saturated heterocycles. The Kier molecular flexibility index (Phi) is 7.50. The summed E-state index contributed by atoms with van der Waals surface area (Å²) in [6.45, 7) is 6.14. The van der Waals surface area contributed by atoms with E-state index < -0.39 is 0 Å². The van der Waals surface area contributed by atoms with Crippen LogP contribution in [0, 0.1) is 0 Å². The lowest BCUT2D eigenvalue weighted by molar-refractivity contribution is -0.116. The normalized spacial score (nSPS) is 11.1. The summed E-state index contributed by atoms with van der Waals surface area (Å²) in [5, 5.41) is 3.34. The van der Waals surface area contributed by atoms with E-state index in [0.29, 0.717) is 36.0 Å². The lowest BCUT2D eigenvalue weighted by atomic mass is 10.2. The Bertz CT molecular complexity index is 466. The number of rotatable bonds is 8. The van der Waals surface area contributed by atoms with Crippen LogP contribution in [-0.2, 0) is 9.53 Å². The van der Waals surface area contributed by atoms with Crippen LogP contribution in [0.1, 0.15) is 20.3 Å². The van der Waals surface area contributed by atoms with Crippen molar-refractivity contribution in [3.05, 3.63) is 23.2 Å². The van der Waals surface area contributed by atoms with Gasteiger partial charge in [-0.05, 0) is 39.1 Å². The first-order chi connectivity index (χ1) is 9.88. The first kappa shape index (κ1) is 17.8. The zero-order valence-electron chi connectivity index (χ0n) is 12.9. The third kappa shape index (κ3) is 7.32. The van der Waals surface area contributed by atoms with E-state index in [1.807, 2.05) is 20.9 Å². The second-order valence-corrected chi connectivity index (χ2v) is 5.69. The molecule has 1 aromatic rings. The van der Waals surface area contributed by atoms with Crippen LogP contribution in [0.2, 0.25) is 5.02 Å². The second kappa shape index (κ2) is 8.87. The Morgan fingerprint density at radius 1 is 1.43 bits per heavy atom. The number of nitrogens with one attached hydrogen (secondary N) is 1. The van der Waals surface area contributed by atoms with Crippen molar-refractivity contribution in [2.75, 3.05) is 37.8 Å². The highest BCUT2D eigenvalue weighted by Gasteiger charge is 2.07. The molecule has 118 valence electrons. The Morgan fingerprint density at radius 3 is 2.76 bits per heavy atom. The second-order valence-electron chi connectivity index (χ2n) is 5.25. The molecule has 0 aliphatic heterocycles. The number of carbonyl (C=O) groups excluding carboxylic acids is 1. The molecule has 5 nitrogen and oxygen atoms in total. The molecule has 0 saturated carbocycles. The Balaban J connectivity index is 2.30. The van der Waals surface area contributed by atoms with Crippen LogP contribution in [-0.4, -0.2) is 43.7 Å². The average Bonchev–Trinajstić information content (AvgIpc) is 2.39. The zero-order valence-corrected chi connectivity index (χ0v) is 13.6. The van der Waals surface area contributed by atoms with Gasteiger partial charge in [0.15, 0.2) is 0 Å². The number of carbonyl (C=O) groups is 1. The van der Waals surface area contributed by atoms with E-state index >= 15 is 0 Å². The maximum atomic E-state index is 11.9. The van der Waals surface area contributed by atoms with Crippen LogP contribution in [0.5, 0.6) is 0 Å². The van der Waals surface area contributed by atoms with Crippen LogP contribution >= 0.6 is 11.6 Å². The van der Waals surface area contributed by atoms with Gasteiger partial charge in [-0.25, -0.2) is 0 Å². The fourth-order valence-electron chi connectivity index (χ4n) is 1.71. The Hall–Kier alpha value is -1.30. The number of halogens is 1. The van der Waals surface area contributed by atoms with Crippen molar-refractivity contribution in [2.24, 2.45) is 0 Å². The van der Waals surface area contributed by atoms with Crippen molar-refractivity contribution in [3.63, 3.8) is 0 Å². The van der Waals surface area contributed by atoms with E-state index in [-0.39, 0.29) is 12.0 Å². The standard InChI is InChI=1S/C15H24ClN3O2/c1-11(2)21-9-8-19(3)7-6-15(20)18-14-5-4-12(16)10-13(14)17/h4-5,10-11H,6-9,17H2,1-3H3,(H,18,20). The molecule has 0 aliphatic carbocycles. The van der Waals surface area contributed by atoms with Gasteiger partial charge < -0.3 is 20.7 Å². The molecule has 0 radical (unpaired) electrons. The molecule has 21 heavy (non-hydrogen) atoms. The zero-order chi connectivity index (χ0) is 15.8. The maximum Gasteiger partial charge on any atom is 0.225 e. The highest BCUT2D eigenvalue weighted by molar-refractivity contribution is 6.31. The summed E-state index contributed by atoms with van der Waals surface area (Å²) < 4.78 is 5.47. The van der Waals surface area contributed by atoms with Crippen LogP contribution in [0.4, 0.5) is 11.4 Å². The number of ether oxygens (including phenoxy) is 1. The van der Waals surface area contributed by atoms with Crippen molar-refractivity contribution >= 4 is 28.9 Å². The number of nitrogens with zero attached hydrogens (tertiary/aromatic N) is 1. The predicted octanol–water partition coefficient (Wildman–Crippen LogP) is 2.61. The molecule has 0 fully saturated rings. The van der Waals surface area contributed by atoms with Crippen LogP contribution < -0.4 is 11.1 Å². The molecule has 6 heteroatoms. The van der Waals surface area contributed by atoms with Gasteiger partial charge in [0.05, 0.1) is 24.1 Å². The molecule has 1 rings (SSSR count). The van der Waals surface area contributed by atoms with Crippen molar-refractivity contribution in [3.8, 4) is 0 Å². The first-order valence-corrected chi connectivity index (χ1v) is 7.41. The predicted molar refractivity (Wildman–Crippen MR) is 87.7 cm³/mol. The van der Waals surface area contributed by atoms with Crippen LogP contribution in [0.25, 0.3) is 0 Å². The minimum atomic E-state index is -0.0688. The molecule has 0 heterocycles. The highest BCUT2D eigenvalue weighted by Crippen LogP contribution is 2.22. The third-order valence-electron chi connectivity index (χ3n) is 2.93. The summed E-state index contributed by atoms with van der Waals surface area (Å²) in [4.78, 5) is 13.9. The van der Waals surface area contributed by atoms with Crippen molar-refractivity contribution in [1.82, 2.24) is 4.90 Å². The van der Waals surface area contributed by atoms with E-state index in [9.17, 15) is 4.79 Å². The number of hydrogen-bond donors (Lipinski definition) is 2. The van der Waals surface area contributed by atoms with E-state index in [2.05, 4.69) is 10.2 Å². The number of amides is 1. The number of likely N-dealkylation sites (N-methyl/N-ethyl adjacent to an activating group) is 1. The molecule has 0 unspecified atom stereocenters. The number of anilines is 2. The lowest BCUT2D eigenvalue weighted by Gasteiger charge is -2.17. The van der Waals surface area contributed by atoms with Gasteiger partial charge in [-0.2, -0.15) is 0 Å². The summed E-state index contributed by atoms with van der Waals surface area (Å²) in [6.07, 6.45) is 0.634. The molecule has 1 aromatic carbocycles. The fraction of sp³-hybridized carbons (Fsp3) is 0.533. The average molecular weight is 314 g/mol. The van der Waals surface area contributed by atoms with E-state index in [0.717, 1.165) is 6.54 Å². The summed E-state index contributed by atoms with van der Waals surface area (Å²) in [7, 11) is 1.97. The maximum absolute atomic E-state index is 11.9. The quantitative estimate of drug-likeness (QED) is 0.724. The monoisotopic (exact) mass is 313 g/mol. The molecule has 0 bridgehead atoms. The molecular formula is C15H24ClN3O2.